The van der Waals surface area contributed by atoms with Gasteiger partial charge in [-0.05, 0) is 18.6 Å². The molecular weight excluding hydrogens is 443 g/mol. The third-order valence-electron chi connectivity index (χ3n) is 5.49. The SMILES string of the molecule is OC(c1cc2c(cn1)c(-c1csc3cnccc13)nn2CC(F)(F)F)N1CCCOCC1. The number of nitrogens with zero attached hydrogens (tertiary/aromatic N) is 5. The first-order valence-electron chi connectivity index (χ1n) is 10.2. The standard InChI is InChI=1S/C21H20F3N5O2S/c22-21(23,24)12-29-17-8-16(20(30)28-4-1-6-31-7-5-28)26-9-14(17)19(27-29)15-11-32-18-10-25-3-2-13(15)18/h2-3,8-11,20,30H,1,4-7,12H2. The molecule has 0 radical (unpaired) electrons. The Bertz CT molecular complexity index is 1250. The smallest absolute Gasteiger partial charge is 0.380 e. The van der Waals surface area contributed by atoms with Gasteiger partial charge in [0.25, 0.3) is 0 Å². The third-order valence-corrected chi connectivity index (χ3v) is 6.42. The van der Waals surface area contributed by atoms with Gasteiger partial charge in [-0.1, -0.05) is 0 Å². The van der Waals surface area contributed by atoms with Gasteiger partial charge in [0.15, 0.2) is 6.23 Å². The van der Waals surface area contributed by atoms with Crippen molar-refractivity contribution in [2.45, 2.75) is 25.4 Å². The van der Waals surface area contributed by atoms with Crippen LogP contribution < -0.4 is 0 Å². The lowest BCUT2D eigenvalue weighted by atomic mass is 10.1. The molecule has 0 saturated carbocycles. The maximum Gasteiger partial charge on any atom is 0.408 e. The van der Waals surface area contributed by atoms with Gasteiger partial charge in [-0.2, -0.15) is 18.3 Å². The third kappa shape index (κ3) is 4.08. The van der Waals surface area contributed by atoms with Gasteiger partial charge >= 0.3 is 6.18 Å². The first kappa shape index (κ1) is 21.3. The molecule has 1 fully saturated rings. The van der Waals surface area contributed by atoms with Crippen LogP contribution >= 0.6 is 11.3 Å². The summed E-state index contributed by atoms with van der Waals surface area (Å²) in [5, 5.41) is 18.4. The number of rotatable bonds is 4. The Morgan fingerprint density at radius 1 is 1.19 bits per heavy atom. The second kappa shape index (κ2) is 8.39. The molecule has 1 aliphatic heterocycles. The van der Waals surface area contributed by atoms with Crippen LogP contribution in [0.25, 0.3) is 32.2 Å². The van der Waals surface area contributed by atoms with Gasteiger partial charge in [0.2, 0.25) is 0 Å². The first-order chi connectivity index (χ1) is 15.4. The van der Waals surface area contributed by atoms with Crippen LogP contribution in [0.3, 0.4) is 0 Å². The highest BCUT2D eigenvalue weighted by atomic mass is 32.1. The molecule has 0 aliphatic carbocycles. The van der Waals surface area contributed by atoms with Crippen molar-refractivity contribution in [3.8, 4) is 11.3 Å². The predicted octanol–water partition coefficient (Wildman–Crippen LogP) is 3.98. The van der Waals surface area contributed by atoms with E-state index in [0.717, 1.165) is 26.8 Å². The van der Waals surface area contributed by atoms with Crippen molar-refractivity contribution < 1.29 is 23.0 Å². The second-order valence-corrected chi connectivity index (χ2v) is 8.56. The lowest BCUT2D eigenvalue weighted by molar-refractivity contribution is -0.141. The van der Waals surface area contributed by atoms with Crippen molar-refractivity contribution in [2.24, 2.45) is 0 Å². The van der Waals surface area contributed by atoms with Crippen LogP contribution in [-0.2, 0) is 11.3 Å². The number of alkyl halides is 3. The number of aromatic nitrogens is 4. The molecule has 11 heteroatoms. The van der Waals surface area contributed by atoms with E-state index in [4.69, 9.17) is 4.74 Å². The predicted molar refractivity (Wildman–Crippen MR) is 114 cm³/mol. The number of aliphatic hydroxyl groups is 1. The number of hydrogen-bond donors (Lipinski definition) is 1. The van der Waals surface area contributed by atoms with Crippen LogP contribution in [-0.4, -0.2) is 62.2 Å². The number of aliphatic hydroxyl groups excluding tert-OH is 1. The molecule has 4 aromatic heterocycles. The summed E-state index contributed by atoms with van der Waals surface area (Å²) in [5.41, 5.74) is 1.73. The zero-order valence-electron chi connectivity index (χ0n) is 16.9. The van der Waals surface area contributed by atoms with Crippen molar-refractivity contribution in [3.63, 3.8) is 0 Å². The van der Waals surface area contributed by atoms with Crippen molar-refractivity contribution in [1.82, 2.24) is 24.6 Å². The molecule has 4 aromatic rings. The van der Waals surface area contributed by atoms with Gasteiger partial charge in [0.1, 0.15) is 12.2 Å². The summed E-state index contributed by atoms with van der Waals surface area (Å²) in [5.74, 6) is 0. The average Bonchev–Trinajstić information content (AvgIpc) is 3.21. The van der Waals surface area contributed by atoms with Crippen LogP contribution in [0.4, 0.5) is 13.2 Å². The van der Waals surface area contributed by atoms with E-state index in [-0.39, 0.29) is 11.2 Å². The Morgan fingerprint density at radius 2 is 2.06 bits per heavy atom. The molecule has 1 aliphatic rings. The number of hydrogen-bond acceptors (Lipinski definition) is 7. The maximum absolute atomic E-state index is 13.3. The molecular formula is C21H20F3N5O2S. The van der Waals surface area contributed by atoms with Crippen LogP contribution in [0.15, 0.2) is 36.1 Å². The Balaban J connectivity index is 1.61. The number of halogens is 3. The van der Waals surface area contributed by atoms with Gasteiger partial charge in [0.05, 0.1) is 22.5 Å². The quantitative estimate of drug-likeness (QED) is 0.493. The van der Waals surface area contributed by atoms with Crippen molar-refractivity contribution in [3.05, 3.63) is 41.8 Å². The minimum Gasteiger partial charge on any atom is -0.380 e. The topological polar surface area (TPSA) is 76.3 Å². The van der Waals surface area contributed by atoms with E-state index in [1.165, 1.54) is 23.6 Å². The van der Waals surface area contributed by atoms with Crippen LogP contribution in [0.5, 0.6) is 0 Å². The highest BCUT2D eigenvalue weighted by molar-refractivity contribution is 7.17. The van der Waals surface area contributed by atoms with Gasteiger partial charge in [-0.15, -0.1) is 11.3 Å². The zero-order chi connectivity index (χ0) is 22.3. The van der Waals surface area contributed by atoms with E-state index in [0.29, 0.717) is 37.4 Å². The summed E-state index contributed by atoms with van der Waals surface area (Å²) in [6, 6.07) is 3.33. The molecule has 32 heavy (non-hydrogen) atoms. The monoisotopic (exact) mass is 463 g/mol. The summed E-state index contributed by atoms with van der Waals surface area (Å²) in [6.07, 6.45) is 0.145. The van der Waals surface area contributed by atoms with Gasteiger partial charge < -0.3 is 9.84 Å². The second-order valence-electron chi connectivity index (χ2n) is 7.64. The van der Waals surface area contributed by atoms with Crippen LogP contribution in [0.1, 0.15) is 18.3 Å². The van der Waals surface area contributed by atoms with E-state index in [9.17, 15) is 18.3 Å². The van der Waals surface area contributed by atoms with Gasteiger partial charge in [-0.3, -0.25) is 19.5 Å². The minimum absolute atomic E-state index is 0.279. The number of pyridine rings is 2. The first-order valence-corrected chi connectivity index (χ1v) is 11.0. The summed E-state index contributed by atoms with van der Waals surface area (Å²) < 4.78 is 47.2. The Kier molecular flexibility index (Phi) is 5.58. The zero-order valence-corrected chi connectivity index (χ0v) is 17.7. The highest BCUT2D eigenvalue weighted by Crippen LogP contribution is 2.37. The summed E-state index contributed by atoms with van der Waals surface area (Å²) >= 11 is 1.46. The summed E-state index contributed by atoms with van der Waals surface area (Å²) in [4.78, 5) is 10.3. The van der Waals surface area contributed by atoms with Crippen molar-refractivity contribution in [1.29, 1.82) is 0 Å². The van der Waals surface area contributed by atoms with E-state index < -0.39 is 18.9 Å². The molecule has 0 amide bonds. The molecule has 5 heterocycles. The largest absolute Gasteiger partial charge is 0.408 e. The van der Waals surface area contributed by atoms with E-state index >= 15 is 0 Å². The Labute approximate surface area is 185 Å². The van der Waals surface area contributed by atoms with Gasteiger partial charge in [-0.25, -0.2) is 0 Å². The average molecular weight is 463 g/mol. The Morgan fingerprint density at radius 3 is 2.91 bits per heavy atom. The molecule has 5 rings (SSSR count). The maximum atomic E-state index is 13.3. The fraction of sp³-hybridized carbons (Fsp3) is 0.381. The minimum atomic E-state index is -4.44. The molecule has 168 valence electrons. The number of fused-ring (bicyclic) bond motifs is 2. The van der Waals surface area contributed by atoms with Crippen LogP contribution in [0, 0.1) is 0 Å². The van der Waals surface area contributed by atoms with Crippen molar-refractivity contribution >= 4 is 32.3 Å². The number of ether oxygens (including phenoxy) is 1. The highest BCUT2D eigenvalue weighted by Gasteiger charge is 2.31. The molecule has 1 N–H and O–H groups in total. The van der Waals surface area contributed by atoms with E-state index in [1.807, 2.05) is 16.3 Å². The fourth-order valence-electron chi connectivity index (χ4n) is 3.98. The lowest BCUT2D eigenvalue weighted by Gasteiger charge is -2.25. The van der Waals surface area contributed by atoms with Crippen LogP contribution in [0.2, 0.25) is 0 Å². The molecule has 7 nitrogen and oxygen atoms in total. The molecule has 0 aromatic carbocycles. The molecule has 1 unspecified atom stereocenters. The Hall–Kier alpha value is -2.60. The molecule has 0 spiro atoms. The molecule has 0 bridgehead atoms. The van der Waals surface area contributed by atoms with Crippen molar-refractivity contribution in [2.75, 3.05) is 26.3 Å². The fourth-order valence-corrected chi connectivity index (χ4v) is 4.89. The van der Waals surface area contributed by atoms with E-state index in [1.54, 1.807) is 12.4 Å². The van der Waals surface area contributed by atoms with Gasteiger partial charge in [0, 0.05) is 60.0 Å². The molecule has 1 atom stereocenters. The normalized spacial score (nSPS) is 17.1. The molecule has 1 saturated heterocycles. The number of thiophene rings is 1. The summed E-state index contributed by atoms with van der Waals surface area (Å²) in [6.45, 7) is 0.993. The van der Waals surface area contributed by atoms with E-state index in [2.05, 4.69) is 15.1 Å². The summed E-state index contributed by atoms with van der Waals surface area (Å²) in [7, 11) is 0. The lowest BCUT2D eigenvalue weighted by Crippen LogP contribution is -2.31.